The minimum absolute atomic E-state index is 0.211. The van der Waals surface area contributed by atoms with Crippen molar-refractivity contribution < 1.29 is 31.4 Å². The first-order chi connectivity index (χ1) is 9.21. The monoisotopic (exact) mass is 298 g/mol. The molecule has 0 aliphatic rings. The van der Waals surface area contributed by atoms with Crippen LogP contribution in [0.15, 0.2) is 24.3 Å². The van der Waals surface area contributed by atoms with Gasteiger partial charge in [0.25, 0.3) is 0 Å². The highest BCUT2D eigenvalue weighted by Gasteiger charge is 2.58. The topological polar surface area (TPSA) is 18.5 Å². The van der Waals surface area contributed by atoms with Crippen molar-refractivity contribution in [2.24, 2.45) is 0 Å². The standard InChI is InChI=1S/C13H15F5O2/c1-3-20-10-6-4-5-9(7-10)11(19-2)8-12(14,15)13(16,17)18/h4-7,11H,3,8H2,1-2H3. The van der Waals surface area contributed by atoms with E-state index in [0.717, 1.165) is 7.11 Å². The molecule has 0 aliphatic heterocycles. The minimum Gasteiger partial charge on any atom is -0.494 e. The molecular formula is C13H15F5O2. The molecule has 0 saturated carbocycles. The van der Waals surface area contributed by atoms with Crippen LogP contribution in [0.3, 0.4) is 0 Å². The first-order valence-corrected chi connectivity index (χ1v) is 5.91. The van der Waals surface area contributed by atoms with E-state index in [9.17, 15) is 22.0 Å². The van der Waals surface area contributed by atoms with Crippen LogP contribution < -0.4 is 4.74 Å². The number of halogens is 5. The van der Waals surface area contributed by atoms with Gasteiger partial charge in [0, 0.05) is 7.11 Å². The van der Waals surface area contributed by atoms with Crippen LogP contribution in [0, 0.1) is 0 Å². The predicted octanol–water partition coefficient (Wildman–Crippen LogP) is 4.36. The predicted molar refractivity (Wildman–Crippen MR) is 63.0 cm³/mol. The Morgan fingerprint density at radius 2 is 1.80 bits per heavy atom. The molecule has 1 aromatic rings. The SMILES string of the molecule is CCOc1cccc(C(CC(F)(F)C(F)(F)F)OC)c1. The quantitative estimate of drug-likeness (QED) is 0.726. The molecule has 0 aromatic heterocycles. The number of rotatable bonds is 6. The molecule has 2 nitrogen and oxygen atoms in total. The number of hydrogen-bond acceptors (Lipinski definition) is 2. The largest absolute Gasteiger partial charge is 0.494 e. The van der Waals surface area contributed by atoms with Gasteiger partial charge in [0.15, 0.2) is 0 Å². The summed E-state index contributed by atoms with van der Waals surface area (Å²) in [7, 11) is 1.09. The molecule has 0 amide bonds. The van der Waals surface area contributed by atoms with Gasteiger partial charge in [-0.05, 0) is 24.6 Å². The fourth-order valence-corrected chi connectivity index (χ4v) is 1.66. The van der Waals surface area contributed by atoms with Gasteiger partial charge in [0.2, 0.25) is 0 Å². The van der Waals surface area contributed by atoms with Gasteiger partial charge in [-0.15, -0.1) is 0 Å². The van der Waals surface area contributed by atoms with Gasteiger partial charge in [0.05, 0.1) is 19.1 Å². The Hall–Kier alpha value is -1.37. The fourth-order valence-electron chi connectivity index (χ4n) is 1.66. The first-order valence-electron chi connectivity index (χ1n) is 5.91. The molecule has 1 atom stereocenters. The van der Waals surface area contributed by atoms with Crippen molar-refractivity contribution in [2.45, 2.75) is 31.5 Å². The highest BCUT2D eigenvalue weighted by atomic mass is 19.4. The lowest BCUT2D eigenvalue weighted by Crippen LogP contribution is -2.38. The lowest BCUT2D eigenvalue weighted by Gasteiger charge is -2.24. The maximum atomic E-state index is 13.1. The molecule has 0 aliphatic carbocycles. The van der Waals surface area contributed by atoms with Gasteiger partial charge in [-0.2, -0.15) is 22.0 Å². The molecule has 1 rings (SSSR count). The Kier molecular flexibility index (Phi) is 5.33. The van der Waals surface area contributed by atoms with Gasteiger partial charge >= 0.3 is 12.1 Å². The summed E-state index contributed by atoms with van der Waals surface area (Å²) in [6, 6.07) is 5.91. The summed E-state index contributed by atoms with van der Waals surface area (Å²) in [5.74, 6) is -4.42. The number of hydrogen-bond donors (Lipinski definition) is 0. The second kappa shape index (κ2) is 6.39. The smallest absolute Gasteiger partial charge is 0.453 e. The van der Waals surface area contributed by atoms with E-state index in [1.165, 1.54) is 18.2 Å². The van der Waals surface area contributed by atoms with Crippen molar-refractivity contribution in [3.63, 3.8) is 0 Å². The van der Waals surface area contributed by atoms with Gasteiger partial charge in [-0.3, -0.25) is 0 Å². The van der Waals surface area contributed by atoms with E-state index in [4.69, 9.17) is 9.47 Å². The maximum Gasteiger partial charge on any atom is 0.453 e. The van der Waals surface area contributed by atoms with Crippen molar-refractivity contribution in [2.75, 3.05) is 13.7 Å². The lowest BCUT2D eigenvalue weighted by atomic mass is 10.0. The van der Waals surface area contributed by atoms with Crippen LogP contribution in [0.1, 0.15) is 25.0 Å². The van der Waals surface area contributed by atoms with Crippen molar-refractivity contribution in [1.29, 1.82) is 0 Å². The Labute approximate surface area is 113 Å². The van der Waals surface area contributed by atoms with Crippen LogP contribution in [-0.4, -0.2) is 25.8 Å². The van der Waals surface area contributed by atoms with Crippen molar-refractivity contribution in [1.82, 2.24) is 0 Å². The number of ether oxygens (including phenoxy) is 2. The van der Waals surface area contributed by atoms with Crippen LogP contribution in [-0.2, 0) is 4.74 Å². The molecule has 114 valence electrons. The van der Waals surface area contributed by atoms with Gasteiger partial charge in [0.1, 0.15) is 5.75 Å². The second-order valence-corrected chi connectivity index (χ2v) is 4.14. The summed E-state index contributed by atoms with van der Waals surface area (Å²) in [4.78, 5) is 0. The van der Waals surface area contributed by atoms with Crippen LogP contribution in [0.4, 0.5) is 22.0 Å². The molecule has 20 heavy (non-hydrogen) atoms. The molecule has 1 unspecified atom stereocenters. The summed E-state index contributed by atoms with van der Waals surface area (Å²) in [6.45, 7) is 2.10. The van der Waals surface area contributed by atoms with Crippen molar-refractivity contribution in [3.8, 4) is 5.75 Å². The Morgan fingerprint density at radius 1 is 1.15 bits per heavy atom. The Balaban J connectivity index is 2.94. The van der Waals surface area contributed by atoms with E-state index < -0.39 is 24.6 Å². The average Bonchev–Trinajstić information content (AvgIpc) is 2.35. The van der Waals surface area contributed by atoms with E-state index in [0.29, 0.717) is 12.4 Å². The van der Waals surface area contributed by atoms with E-state index in [1.807, 2.05) is 0 Å². The van der Waals surface area contributed by atoms with E-state index in [2.05, 4.69) is 0 Å². The molecule has 0 spiro atoms. The van der Waals surface area contributed by atoms with E-state index >= 15 is 0 Å². The third-order valence-corrected chi connectivity index (χ3v) is 2.68. The second-order valence-electron chi connectivity index (χ2n) is 4.14. The third kappa shape index (κ3) is 4.06. The fraction of sp³-hybridized carbons (Fsp3) is 0.538. The molecule has 0 fully saturated rings. The zero-order chi connectivity index (χ0) is 15.4. The van der Waals surface area contributed by atoms with Gasteiger partial charge in [-0.1, -0.05) is 12.1 Å². The number of methoxy groups -OCH3 is 1. The summed E-state index contributed by atoms with van der Waals surface area (Å²) in [5, 5.41) is 0. The summed E-state index contributed by atoms with van der Waals surface area (Å²) < 4.78 is 72.7. The minimum atomic E-state index is -5.60. The Morgan fingerprint density at radius 3 is 2.30 bits per heavy atom. The van der Waals surface area contributed by atoms with E-state index in [1.54, 1.807) is 13.0 Å². The average molecular weight is 298 g/mol. The molecule has 0 saturated heterocycles. The number of benzene rings is 1. The first kappa shape index (κ1) is 16.7. The van der Waals surface area contributed by atoms with Crippen LogP contribution in [0.2, 0.25) is 0 Å². The molecule has 7 heteroatoms. The van der Waals surface area contributed by atoms with Gasteiger partial charge in [-0.25, -0.2) is 0 Å². The molecule has 0 N–H and O–H groups in total. The molecule has 1 aromatic carbocycles. The van der Waals surface area contributed by atoms with Crippen LogP contribution in [0.25, 0.3) is 0 Å². The molecular weight excluding hydrogens is 283 g/mol. The molecule has 0 heterocycles. The zero-order valence-electron chi connectivity index (χ0n) is 11.0. The molecule has 0 bridgehead atoms. The number of alkyl halides is 5. The van der Waals surface area contributed by atoms with Crippen molar-refractivity contribution >= 4 is 0 Å². The maximum absolute atomic E-state index is 13.1. The van der Waals surface area contributed by atoms with Crippen molar-refractivity contribution in [3.05, 3.63) is 29.8 Å². The molecule has 0 radical (unpaired) electrons. The highest BCUT2D eigenvalue weighted by molar-refractivity contribution is 5.30. The highest BCUT2D eigenvalue weighted by Crippen LogP contribution is 2.42. The summed E-state index contributed by atoms with van der Waals surface area (Å²) >= 11 is 0. The Bertz CT molecular complexity index is 431. The van der Waals surface area contributed by atoms with Gasteiger partial charge < -0.3 is 9.47 Å². The van der Waals surface area contributed by atoms with Crippen LogP contribution >= 0.6 is 0 Å². The third-order valence-electron chi connectivity index (χ3n) is 2.68. The van der Waals surface area contributed by atoms with Crippen LogP contribution in [0.5, 0.6) is 5.75 Å². The summed E-state index contributed by atoms with van der Waals surface area (Å²) in [6.07, 6.45) is -8.43. The normalized spacial score (nSPS) is 14.2. The van der Waals surface area contributed by atoms with E-state index in [-0.39, 0.29) is 5.56 Å². The lowest BCUT2D eigenvalue weighted by molar-refractivity contribution is -0.291. The summed E-state index contributed by atoms with van der Waals surface area (Å²) in [5.41, 5.74) is 0.211. The zero-order valence-corrected chi connectivity index (χ0v) is 11.0.